The molecule has 0 radical (unpaired) electrons. The summed E-state index contributed by atoms with van der Waals surface area (Å²) in [4.78, 5) is 14.9. The van der Waals surface area contributed by atoms with E-state index in [1.54, 1.807) is 0 Å². The van der Waals surface area contributed by atoms with Crippen LogP contribution in [0.15, 0.2) is 0 Å². The Morgan fingerprint density at radius 2 is 1.52 bits per heavy atom. The van der Waals surface area contributed by atoms with Crippen molar-refractivity contribution in [2.75, 3.05) is 6.61 Å². The fourth-order valence-corrected chi connectivity index (χ4v) is 4.96. The highest BCUT2D eigenvalue weighted by molar-refractivity contribution is 5.77. The SMILES string of the molecule is O=C(CCC1CCCCCC1)N1C2CCC1CC(CO)C2. The number of nitrogens with zero attached hydrogens (tertiary/aromatic N) is 1. The van der Waals surface area contributed by atoms with E-state index in [0.29, 0.717) is 30.5 Å². The molecule has 1 N–H and O–H groups in total. The lowest BCUT2D eigenvalue weighted by Gasteiger charge is -2.38. The number of piperidine rings is 1. The molecule has 21 heavy (non-hydrogen) atoms. The Hall–Kier alpha value is -0.570. The van der Waals surface area contributed by atoms with Crippen LogP contribution in [0.5, 0.6) is 0 Å². The topological polar surface area (TPSA) is 40.5 Å². The van der Waals surface area contributed by atoms with Crippen LogP contribution in [-0.2, 0) is 4.79 Å². The van der Waals surface area contributed by atoms with Crippen molar-refractivity contribution < 1.29 is 9.90 Å². The maximum Gasteiger partial charge on any atom is 0.223 e. The van der Waals surface area contributed by atoms with Crippen LogP contribution in [0, 0.1) is 11.8 Å². The number of rotatable bonds is 4. The van der Waals surface area contributed by atoms with Crippen LogP contribution in [0.2, 0.25) is 0 Å². The number of aliphatic hydroxyl groups excluding tert-OH is 1. The first-order valence-corrected chi connectivity index (χ1v) is 9.20. The van der Waals surface area contributed by atoms with Crippen LogP contribution >= 0.6 is 0 Å². The predicted octanol–water partition coefficient (Wildman–Crippen LogP) is 3.50. The molecule has 2 atom stereocenters. The molecular weight excluding hydrogens is 262 g/mol. The van der Waals surface area contributed by atoms with Crippen molar-refractivity contribution in [3.8, 4) is 0 Å². The number of aliphatic hydroxyl groups is 1. The zero-order valence-corrected chi connectivity index (χ0v) is 13.3. The molecule has 3 rings (SSSR count). The Morgan fingerprint density at radius 3 is 2.10 bits per heavy atom. The van der Waals surface area contributed by atoms with Crippen LogP contribution in [0.4, 0.5) is 0 Å². The minimum absolute atomic E-state index is 0.303. The maximum atomic E-state index is 12.6. The second kappa shape index (κ2) is 7.13. The molecule has 2 saturated heterocycles. The number of hydrogen-bond donors (Lipinski definition) is 1. The number of carbonyl (C=O) groups is 1. The minimum Gasteiger partial charge on any atom is -0.396 e. The third kappa shape index (κ3) is 3.61. The lowest BCUT2D eigenvalue weighted by Crippen LogP contribution is -2.47. The minimum atomic E-state index is 0.303. The van der Waals surface area contributed by atoms with Gasteiger partial charge >= 0.3 is 0 Å². The lowest BCUT2D eigenvalue weighted by atomic mass is 9.90. The highest BCUT2D eigenvalue weighted by Gasteiger charge is 2.42. The molecule has 1 aliphatic carbocycles. The molecule has 2 bridgehead atoms. The van der Waals surface area contributed by atoms with Gasteiger partial charge in [-0.1, -0.05) is 38.5 Å². The van der Waals surface area contributed by atoms with E-state index in [0.717, 1.165) is 44.4 Å². The van der Waals surface area contributed by atoms with Crippen molar-refractivity contribution >= 4 is 5.91 Å². The second-order valence-corrected chi connectivity index (χ2v) is 7.60. The van der Waals surface area contributed by atoms with Crippen LogP contribution in [0.1, 0.15) is 77.0 Å². The summed E-state index contributed by atoms with van der Waals surface area (Å²) in [6.07, 6.45) is 14.5. The molecule has 2 unspecified atom stereocenters. The molecule has 0 aromatic rings. The van der Waals surface area contributed by atoms with Gasteiger partial charge in [0.15, 0.2) is 0 Å². The van der Waals surface area contributed by atoms with Crippen LogP contribution < -0.4 is 0 Å². The van der Waals surface area contributed by atoms with E-state index < -0.39 is 0 Å². The molecule has 3 fully saturated rings. The average Bonchev–Trinajstić information content (AvgIpc) is 2.72. The normalized spacial score (nSPS) is 34.0. The Balaban J connectivity index is 1.49. The highest BCUT2D eigenvalue weighted by atomic mass is 16.3. The van der Waals surface area contributed by atoms with Crippen molar-refractivity contribution in [2.24, 2.45) is 11.8 Å². The molecule has 120 valence electrons. The summed E-state index contributed by atoms with van der Waals surface area (Å²) in [5.74, 6) is 1.64. The highest BCUT2D eigenvalue weighted by Crippen LogP contribution is 2.39. The fraction of sp³-hybridized carbons (Fsp3) is 0.944. The summed E-state index contributed by atoms with van der Waals surface area (Å²) in [5.41, 5.74) is 0. The van der Waals surface area contributed by atoms with Gasteiger partial charge in [-0.15, -0.1) is 0 Å². The molecule has 3 heteroatoms. The number of carbonyl (C=O) groups excluding carboxylic acids is 1. The summed E-state index contributed by atoms with van der Waals surface area (Å²) < 4.78 is 0. The zero-order chi connectivity index (χ0) is 14.7. The van der Waals surface area contributed by atoms with Crippen molar-refractivity contribution in [1.29, 1.82) is 0 Å². The first kappa shape index (κ1) is 15.3. The molecular formula is C18H31NO2. The first-order chi connectivity index (χ1) is 10.3. The van der Waals surface area contributed by atoms with E-state index in [1.165, 1.54) is 38.5 Å². The van der Waals surface area contributed by atoms with Crippen LogP contribution in [0.3, 0.4) is 0 Å². The second-order valence-electron chi connectivity index (χ2n) is 7.60. The van der Waals surface area contributed by atoms with E-state index >= 15 is 0 Å². The van der Waals surface area contributed by atoms with Gasteiger partial charge in [-0.05, 0) is 43.9 Å². The van der Waals surface area contributed by atoms with Gasteiger partial charge in [0.2, 0.25) is 5.91 Å². The van der Waals surface area contributed by atoms with Crippen molar-refractivity contribution in [3.05, 3.63) is 0 Å². The van der Waals surface area contributed by atoms with Crippen molar-refractivity contribution in [1.82, 2.24) is 4.90 Å². The molecule has 1 amide bonds. The monoisotopic (exact) mass is 293 g/mol. The zero-order valence-electron chi connectivity index (χ0n) is 13.3. The largest absolute Gasteiger partial charge is 0.396 e. The van der Waals surface area contributed by atoms with Gasteiger partial charge in [0.25, 0.3) is 0 Å². The van der Waals surface area contributed by atoms with Crippen molar-refractivity contribution in [2.45, 2.75) is 89.1 Å². The molecule has 0 aromatic heterocycles. The van der Waals surface area contributed by atoms with Gasteiger partial charge < -0.3 is 10.0 Å². The summed E-state index contributed by atoms with van der Waals surface area (Å²) in [5, 5.41) is 9.38. The maximum absolute atomic E-state index is 12.6. The van der Waals surface area contributed by atoms with Gasteiger partial charge in [0.1, 0.15) is 0 Å². The lowest BCUT2D eigenvalue weighted by molar-refractivity contribution is -0.137. The Morgan fingerprint density at radius 1 is 0.905 bits per heavy atom. The Bertz CT molecular complexity index is 335. The van der Waals surface area contributed by atoms with E-state index in [4.69, 9.17) is 0 Å². The molecule has 2 aliphatic heterocycles. The summed E-state index contributed by atoms with van der Waals surface area (Å²) in [6.45, 7) is 0.303. The predicted molar refractivity (Wildman–Crippen MR) is 83.9 cm³/mol. The summed E-state index contributed by atoms with van der Waals surface area (Å²) in [7, 11) is 0. The van der Waals surface area contributed by atoms with E-state index in [1.807, 2.05) is 0 Å². The first-order valence-electron chi connectivity index (χ1n) is 9.20. The number of fused-ring (bicyclic) bond motifs is 2. The molecule has 0 aromatic carbocycles. The quantitative estimate of drug-likeness (QED) is 0.806. The van der Waals surface area contributed by atoms with Crippen LogP contribution in [-0.4, -0.2) is 34.6 Å². The third-order valence-electron chi connectivity index (χ3n) is 6.12. The molecule has 1 saturated carbocycles. The average molecular weight is 293 g/mol. The van der Waals surface area contributed by atoms with E-state index in [9.17, 15) is 9.90 Å². The van der Waals surface area contributed by atoms with E-state index in [2.05, 4.69) is 4.90 Å². The smallest absolute Gasteiger partial charge is 0.223 e. The van der Waals surface area contributed by atoms with Gasteiger partial charge in [0, 0.05) is 25.1 Å². The third-order valence-corrected chi connectivity index (χ3v) is 6.12. The van der Waals surface area contributed by atoms with Gasteiger partial charge in [-0.25, -0.2) is 0 Å². The molecule has 2 heterocycles. The summed E-state index contributed by atoms with van der Waals surface area (Å²) >= 11 is 0. The van der Waals surface area contributed by atoms with Gasteiger partial charge in [0.05, 0.1) is 0 Å². The standard InChI is InChI=1S/C18H31NO2/c20-13-15-11-16-8-9-17(12-15)19(16)18(21)10-7-14-5-3-1-2-4-6-14/h14-17,20H,1-13H2. The number of hydrogen-bond acceptors (Lipinski definition) is 2. The fourth-order valence-electron chi connectivity index (χ4n) is 4.96. The van der Waals surface area contributed by atoms with Crippen molar-refractivity contribution in [3.63, 3.8) is 0 Å². The van der Waals surface area contributed by atoms with Crippen LogP contribution in [0.25, 0.3) is 0 Å². The Kier molecular flexibility index (Phi) is 5.20. The van der Waals surface area contributed by atoms with Gasteiger partial charge in [-0.2, -0.15) is 0 Å². The molecule has 3 nitrogen and oxygen atoms in total. The molecule has 0 spiro atoms. The van der Waals surface area contributed by atoms with Gasteiger partial charge in [-0.3, -0.25) is 4.79 Å². The number of amides is 1. The Labute approximate surface area is 129 Å². The molecule has 3 aliphatic rings. The summed E-state index contributed by atoms with van der Waals surface area (Å²) in [6, 6.07) is 0.866. The van der Waals surface area contributed by atoms with E-state index in [-0.39, 0.29) is 0 Å².